The number of aryl methyl sites for hydroxylation is 3. The average molecular weight is 332 g/mol. The van der Waals surface area contributed by atoms with Gasteiger partial charge in [-0.3, -0.25) is 9.58 Å². The Morgan fingerprint density at radius 1 is 1.17 bits per heavy atom. The molecule has 0 aromatic carbocycles. The van der Waals surface area contributed by atoms with Crippen LogP contribution in [0.2, 0.25) is 0 Å². The van der Waals surface area contributed by atoms with E-state index in [1.807, 2.05) is 11.6 Å². The summed E-state index contributed by atoms with van der Waals surface area (Å²) in [4.78, 5) is 11.9. The summed E-state index contributed by atoms with van der Waals surface area (Å²) in [6, 6.07) is 0. The summed E-state index contributed by atoms with van der Waals surface area (Å²) in [5, 5.41) is 8.14. The number of ether oxygens (including phenoxy) is 1. The molecule has 1 N–H and O–H groups in total. The highest BCUT2D eigenvalue weighted by Crippen LogP contribution is 2.23. The van der Waals surface area contributed by atoms with Crippen molar-refractivity contribution in [2.75, 3.05) is 44.7 Å². The molecule has 0 saturated carbocycles. The smallest absolute Gasteiger partial charge is 0.156 e. The summed E-state index contributed by atoms with van der Waals surface area (Å²) in [5.74, 6) is 1.82. The molecular weight excluding hydrogens is 304 g/mol. The highest BCUT2D eigenvalue weighted by atomic mass is 16.5. The van der Waals surface area contributed by atoms with Crippen molar-refractivity contribution in [1.82, 2.24) is 24.6 Å². The van der Waals surface area contributed by atoms with E-state index in [4.69, 9.17) is 14.7 Å². The number of nitrogens with zero attached hydrogens (tertiary/aromatic N) is 5. The molecule has 1 saturated heterocycles. The maximum Gasteiger partial charge on any atom is 0.156 e. The van der Waals surface area contributed by atoms with Crippen LogP contribution in [0.1, 0.15) is 31.8 Å². The Morgan fingerprint density at radius 2 is 1.96 bits per heavy atom. The van der Waals surface area contributed by atoms with Crippen molar-refractivity contribution in [2.45, 2.75) is 40.2 Å². The van der Waals surface area contributed by atoms with E-state index >= 15 is 0 Å². The number of hydrogen-bond acceptors (Lipinski definition) is 6. The van der Waals surface area contributed by atoms with Gasteiger partial charge >= 0.3 is 0 Å². The molecule has 0 atom stereocenters. The molecule has 2 aromatic rings. The highest BCUT2D eigenvalue weighted by molar-refractivity contribution is 5.87. The molecule has 3 heterocycles. The second kappa shape index (κ2) is 7.90. The van der Waals surface area contributed by atoms with Crippen molar-refractivity contribution in [2.24, 2.45) is 0 Å². The molecule has 3 rings (SSSR count). The minimum Gasteiger partial charge on any atom is -0.379 e. The first-order valence-corrected chi connectivity index (χ1v) is 9.01. The number of fused-ring (bicyclic) bond motifs is 1. The predicted octanol–water partition coefficient (Wildman–Crippen LogP) is 1.85. The van der Waals surface area contributed by atoms with Crippen LogP contribution in [0.25, 0.3) is 11.0 Å². The second-order valence-electron chi connectivity index (χ2n) is 6.22. The Morgan fingerprint density at radius 3 is 2.67 bits per heavy atom. The van der Waals surface area contributed by atoms with Crippen LogP contribution in [0.5, 0.6) is 0 Å². The minimum absolute atomic E-state index is 0.818. The van der Waals surface area contributed by atoms with Crippen molar-refractivity contribution < 1.29 is 4.74 Å². The number of nitrogens with one attached hydrogen (secondary N) is 1. The third kappa shape index (κ3) is 3.67. The first-order chi connectivity index (χ1) is 11.7. The topological polar surface area (TPSA) is 68.1 Å². The van der Waals surface area contributed by atoms with Gasteiger partial charge < -0.3 is 10.1 Å². The van der Waals surface area contributed by atoms with E-state index in [0.29, 0.717) is 0 Å². The molecule has 7 heteroatoms. The van der Waals surface area contributed by atoms with Crippen LogP contribution in [0.3, 0.4) is 0 Å². The molecule has 0 unspecified atom stereocenters. The van der Waals surface area contributed by atoms with Gasteiger partial charge in [-0.1, -0.05) is 6.92 Å². The molecule has 2 aromatic heterocycles. The van der Waals surface area contributed by atoms with E-state index in [2.05, 4.69) is 29.2 Å². The summed E-state index contributed by atoms with van der Waals surface area (Å²) in [6.45, 7) is 12.6. The standard InChI is InChI=1S/C17H28N6O/c1-4-6-14-19-15-13(3)21-23(5-2)16(15)17(20-14)18-7-8-22-9-11-24-12-10-22/h4-12H2,1-3H3,(H,18,19,20). The van der Waals surface area contributed by atoms with E-state index < -0.39 is 0 Å². The van der Waals surface area contributed by atoms with Crippen molar-refractivity contribution in [1.29, 1.82) is 0 Å². The SMILES string of the molecule is CCCc1nc(NCCN2CCOCC2)c2c(n1)c(C)nn2CC. The molecule has 1 aliphatic rings. The van der Waals surface area contributed by atoms with Crippen LogP contribution in [-0.4, -0.2) is 64.0 Å². The third-order valence-electron chi connectivity index (χ3n) is 4.40. The lowest BCUT2D eigenvalue weighted by Gasteiger charge is -2.26. The summed E-state index contributed by atoms with van der Waals surface area (Å²) < 4.78 is 7.40. The molecule has 0 spiro atoms. The zero-order chi connectivity index (χ0) is 16.9. The monoisotopic (exact) mass is 332 g/mol. The largest absolute Gasteiger partial charge is 0.379 e. The zero-order valence-electron chi connectivity index (χ0n) is 15.0. The Hall–Kier alpha value is -1.73. The van der Waals surface area contributed by atoms with Gasteiger partial charge in [0, 0.05) is 39.1 Å². The van der Waals surface area contributed by atoms with E-state index in [9.17, 15) is 0 Å². The maximum atomic E-state index is 5.40. The molecule has 0 radical (unpaired) electrons. The predicted molar refractivity (Wildman–Crippen MR) is 95.5 cm³/mol. The van der Waals surface area contributed by atoms with Gasteiger partial charge in [-0.2, -0.15) is 5.10 Å². The van der Waals surface area contributed by atoms with Gasteiger partial charge in [0.15, 0.2) is 5.82 Å². The molecule has 132 valence electrons. The Labute approximate surface area is 143 Å². The first-order valence-electron chi connectivity index (χ1n) is 9.01. The van der Waals surface area contributed by atoms with Gasteiger partial charge in [-0.05, 0) is 20.3 Å². The Bertz CT molecular complexity index is 677. The Kier molecular flexibility index (Phi) is 5.63. The van der Waals surface area contributed by atoms with E-state index in [1.165, 1.54) is 0 Å². The second-order valence-corrected chi connectivity index (χ2v) is 6.22. The molecule has 0 aliphatic carbocycles. The van der Waals surface area contributed by atoms with Gasteiger partial charge in [0.05, 0.1) is 18.9 Å². The fourth-order valence-corrected chi connectivity index (χ4v) is 3.12. The number of hydrogen-bond donors (Lipinski definition) is 1. The number of anilines is 1. The summed E-state index contributed by atoms with van der Waals surface area (Å²) in [5.41, 5.74) is 2.98. The molecule has 0 bridgehead atoms. The van der Waals surface area contributed by atoms with Crippen LogP contribution in [0, 0.1) is 6.92 Å². The van der Waals surface area contributed by atoms with Crippen molar-refractivity contribution in [3.63, 3.8) is 0 Å². The molecule has 24 heavy (non-hydrogen) atoms. The van der Waals surface area contributed by atoms with E-state index in [-0.39, 0.29) is 0 Å². The van der Waals surface area contributed by atoms with Gasteiger partial charge in [-0.15, -0.1) is 0 Å². The molecule has 1 aliphatic heterocycles. The quantitative estimate of drug-likeness (QED) is 0.834. The average Bonchev–Trinajstić information content (AvgIpc) is 2.92. The fourth-order valence-electron chi connectivity index (χ4n) is 3.12. The zero-order valence-corrected chi connectivity index (χ0v) is 15.0. The van der Waals surface area contributed by atoms with E-state index in [0.717, 1.165) is 87.1 Å². The lowest BCUT2D eigenvalue weighted by Crippen LogP contribution is -2.39. The molecule has 1 fully saturated rings. The van der Waals surface area contributed by atoms with Crippen molar-refractivity contribution >= 4 is 16.9 Å². The molecule has 7 nitrogen and oxygen atoms in total. The number of morpholine rings is 1. The van der Waals surface area contributed by atoms with Crippen LogP contribution in [0.15, 0.2) is 0 Å². The molecule has 0 amide bonds. The number of rotatable bonds is 7. The fraction of sp³-hybridized carbons (Fsp3) is 0.706. The van der Waals surface area contributed by atoms with Gasteiger partial charge in [0.1, 0.15) is 16.9 Å². The lowest BCUT2D eigenvalue weighted by atomic mass is 10.3. The summed E-state index contributed by atoms with van der Waals surface area (Å²) >= 11 is 0. The summed E-state index contributed by atoms with van der Waals surface area (Å²) in [7, 11) is 0. The normalized spacial score (nSPS) is 16.0. The molecular formula is C17H28N6O. The maximum absolute atomic E-state index is 5.40. The number of aromatic nitrogens is 4. The summed E-state index contributed by atoms with van der Waals surface area (Å²) in [6.07, 6.45) is 1.94. The van der Waals surface area contributed by atoms with Gasteiger partial charge in [0.2, 0.25) is 0 Å². The van der Waals surface area contributed by atoms with Gasteiger partial charge in [0.25, 0.3) is 0 Å². The first kappa shape index (κ1) is 17.1. The van der Waals surface area contributed by atoms with Crippen molar-refractivity contribution in [3.8, 4) is 0 Å². The van der Waals surface area contributed by atoms with Crippen LogP contribution >= 0.6 is 0 Å². The van der Waals surface area contributed by atoms with Crippen LogP contribution in [-0.2, 0) is 17.7 Å². The highest BCUT2D eigenvalue weighted by Gasteiger charge is 2.16. The minimum atomic E-state index is 0.818. The lowest BCUT2D eigenvalue weighted by molar-refractivity contribution is 0.0398. The third-order valence-corrected chi connectivity index (χ3v) is 4.40. The van der Waals surface area contributed by atoms with Crippen LogP contribution in [0.4, 0.5) is 5.82 Å². The van der Waals surface area contributed by atoms with Crippen LogP contribution < -0.4 is 5.32 Å². The van der Waals surface area contributed by atoms with Gasteiger partial charge in [-0.25, -0.2) is 9.97 Å². The van der Waals surface area contributed by atoms with Crippen molar-refractivity contribution in [3.05, 3.63) is 11.5 Å². The van der Waals surface area contributed by atoms with E-state index in [1.54, 1.807) is 0 Å². The Balaban J connectivity index is 1.81.